The summed E-state index contributed by atoms with van der Waals surface area (Å²) < 4.78 is 7.64. The third-order valence-corrected chi connectivity index (χ3v) is 6.26. The van der Waals surface area contributed by atoms with Crippen molar-refractivity contribution >= 4 is 5.97 Å². The van der Waals surface area contributed by atoms with Crippen LogP contribution in [0.3, 0.4) is 0 Å². The van der Waals surface area contributed by atoms with E-state index in [-0.39, 0.29) is 11.4 Å². The molecule has 5 heteroatoms. The van der Waals surface area contributed by atoms with E-state index in [1.807, 2.05) is 19.3 Å². The minimum atomic E-state index is -0.264. The van der Waals surface area contributed by atoms with Crippen LogP contribution >= 0.6 is 0 Å². The minimum Gasteiger partial charge on any atom is -0.466 e. The van der Waals surface area contributed by atoms with Gasteiger partial charge in [-0.05, 0) is 69.8 Å². The van der Waals surface area contributed by atoms with Crippen molar-refractivity contribution in [1.29, 1.82) is 0 Å². The van der Waals surface area contributed by atoms with Gasteiger partial charge in [-0.3, -0.25) is 9.69 Å². The number of aryl methyl sites for hydroxylation is 1. The summed E-state index contributed by atoms with van der Waals surface area (Å²) in [5, 5.41) is 0. The van der Waals surface area contributed by atoms with Crippen molar-refractivity contribution < 1.29 is 9.53 Å². The Bertz CT molecular complexity index is 817. The molecule has 1 aliphatic heterocycles. The molecule has 28 heavy (non-hydrogen) atoms. The zero-order chi connectivity index (χ0) is 19.6. The lowest BCUT2D eigenvalue weighted by atomic mass is 9.74. The van der Waals surface area contributed by atoms with Crippen LogP contribution in [0.2, 0.25) is 0 Å². The molecule has 1 saturated heterocycles. The highest BCUT2D eigenvalue weighted by atomic mass is 16.5. The van der Waals surface area contributed by atoms with E-state index in [4.69, 9.17) is 4.74 Å². The fraction of sp³-hybridized carbons (Fsp3) is 0.565. The SMILES string of the molecule is CCOC(=O)C1(CC2CC2)CCN(Cc2nccn2-c2cccc(C)c2)CC1. The topological polar surface area (TPSA) is 47.4 Å². The average Bonchev–Trinajstić information content (AvgIpc) is 3.38. The van der Waals surface area contributed by atoms with Crippen LogP contribution in [0.5, 0.6) is 0 Å². The predicted molar refractivity (Wildman–Crippen MR) is 109 cm³/mol. The Kier molecular flexibility index (Phi) is 5.54. The van der Waals surface area contributed by atoms with Gasteiger partial charge in [0.05, 0.1) is 18.6 Å². The number of imidazole rings is 1. The summed E-state index contributed by atoms with van der Waals surface area (Å²) >= 11 is 0. The monoisotopic (exact) mass is 381 g/mol. The predicted octanol–water partition coefficient (Wildman–Crippen LogP) is 4.13. The number of carbonyl (C=O) groups excluding carboxylic acids is 1. The second-order valence-electron chi connectivity index (χ2n) is 8.48. The van der Waals surface area contributed by atoms with E-state index in [1.54, 1.807) is 0 Å². The van der Waals surface area contributed by atoms with Gasteiger partial charge >= 0.3 is 5.97 Å². The van der Waals surface area contributed by atoms with Crippen LogP contribution in [0, 0.1) is 18.3 Å². The zero-order valence-corrected chi connectivity index (χ0v) is 17.1. The Morgan fingerprint density at radius 2 is 2.07 bits per heavy atom. The van der Waals surface area contributed by atoms with Gasteiger partial charge in [0.1, 0.15) is 5.82 Å². The molecule has 0 amide bonds. The molecule has 2 fully saturated rings. The van der Waals surface area contributed by atoms with Crippen LogP contribution in [-0.2, 0) is 16.1 Å². The number of likely N-dealkylation sites (tertiary alicyclic amines) is 1. The highest BCUT2D eigenvalue weighted by molar-refractivity contribution is 5.77. The fourth-order valence-electron chi connectivity index (χ4n) is 4.45. The van der Waals surface area contributed by atoms with E-state index >= 15 is 0 Å². The van der Waals surface area contributed by atoms with Gasteiger partial charge in [-0.15, -0.1) is 0 Å². The van der Waals surface area contributed by atoms with Gasteiger partial charge < -0.3 is 9.30 Å². The van der Waals surface area contributed by atoms with E-state index in [9.17, 15) is 4.79 Å². The van der Waals surface area contributed by atoms with Crippen molar-refractivity contribution in [2.45, 2.75) is 52.5 Å². The molecule has 2 heterocycles. The maximum Gasteiger partial charge on any atom is 0.312 e. The molecule has 2 aliphatic rings. The molecule has 0 spiro atoms. The van der Waals surface area contributed by atoms with Gasteiger partial charge in [-0.1, -0.05) is 25.0 Å². The van der Waals surface area contributed by atoms with Gasteiger partial charge in [0, 0.05) is 18.1 Å². The van der Waals surface area contributed by atoms with E-state index < -0.39 is 0 Å². The molecule has 4 rings (SSSR count). The summed E-state index contributed by atoms with van der Waals surface area (Å²) in [5.41, 5.74) is 2.13. The van der Waals surface area contributed by atoms with Crippen molar-refractivity contribution in [3.8, 4) is 5.69 Å². The number of hydrogen-bond acceptors (Lipinski definition) is 4. The molecule has 1 aromatic heterocycles. The van der Waals surface area contributed by atoms with Crippen LogP contribution in [0.1, 0.15) is 50.4 Å². The van der Waals surface area contributed by atoms with Gasteiger partial charge in [-0.25, -0.2) is 4.98 Å². The third kappa shape index (κ3) is 4.14. The molecule has 0 bridgehead atoms. The molecule has 5 nitrogen and oxygen atoms in total. The summed E-state index contributed by atoms with van der Waals surface area (Å²) in [5.74, 6) is 1.82. The zero-order valence-electron chi connectivity index (χ0n) is 17.1. The lowest BCUT2D eigenvalue weighted by molar-refractivity contribution is -0.159. The van der Waals surface area contributed by atoms with Crippen LogP contribution in [0.25, 0.3) is 5.69 Å². The highest BCUT2D eigenvalue weighted by Gasteiger charge is 2.46. The molecule has 0 unspecified atom stereocenters. The van der Waals surface area contributed by atoms with E-state index in [2.05, 4.69) is 45.6 Å². The van der Waals surface area contributed by atoms with Crippen molar-refractivity contribution in [2.75, 3.05) is 19.7 Å². The first-order chi connectivity index (χ1) is 13.6. The molecule has 1 aromatic carbocycles. The molecule has 0 radical (unpaired) electrons. The fourth-order valence-corrected chi connectivity index (χ4v) is 4.45. The first kappa shape index (κ1) is 19.2. The van der Waals surface area contributed by atoms with Crippen LogP contribution in [0.15, 0.2) is 36.7 Å². The number of ether oxygens (including phenoxy) is 1. The second kappa shape index (κ2) is 8.08. The van der Waals surface area contributed by atoms with Gasteiger partial charge in [0.2, 0.25) is 0 Å². The smallest absolute Gasteiger partial charge is 0.312 e. The van der Waals surface area contributed by atoms with E-state index in [0.29, 0.717) is 6.61 Å². The standard InChI is InChI=1S/C23H31N3O2/c1-3-28-22(27)23(16-19-7-8-19)9-12-25(13-10-23)17-21-24-11-14-26(21)20-6-4-5-18(2)15-20/h4-6,11,14-15,19H,3,7-10,12-13,16-17H2,1-2H3. The number of nitrogens with zero attached hydrogens (tertiary/aromatic N) is 3. The van der Waals surface area contributed by atoms with Crippen molar-refractivity contribution in [2.24, 2.45) is 11.3 Å². The number of rotatable bonds is 7. The number of hydrogen-bond donors (Lipinski definition) is 0. The number of aromatic nitrogens is 2. The summed E-state index contributed by atoms with van der Waals surface area (Å²) in [6, 6.07) is 8.50. The van der Waals surface area contributed by atoms with Crippen LogP contribution in [-0.4, -0.2) is 40.1 Å². The quantitative estimate of drug-likeness (QED) is 0.677. The minimum absolute atomic E-state index is 0.0304. The van der Waals surface area contributed by atoms with Crippen LogP contribution < -0.4 is 0 Å². The lowest BCUT2D eigenvalue weighted by Gasteiger charge is -2.40. The normalized spacial score (nSPS) is 19.5. The molecule has 0 atom stereocenters. The van der Waals surface area contributed by atoms with Gasteiger partial charge in [0.25, 0.3) is 0 Å². The highest BCUT2D eigenvalue weighted by Crippen LogP contribution is 2.46. The summed E-state index contributed by atoms with van der Waals surface area (Å²) in [7, 11) is 0. The van der Waals surface area contributed by atoms with E-state index in [0.717, 1.165) is 56.3 Å². The number of piperidine rings is 1. The van der Waals surface area contributed by atoms with Crippen molar-refractivity contribution in [3.63, 3.8) is 0 Å². The van der Waals surface area contributed by atoms with Crippen LogP contribution in [0.4, 0.5) is 0 Å². The van der Waals surface area contributed by atoms with Gasteiger partial charge in [-0.2, -0.15) is 0 Å². The second-order valence-corrected chi connectivity index (χ2v) is 8.48. The third-order valence-electron chi connectivity index (χ3n) is 6.26. The number of esters is 1. The molecular formula is C23H31N3O2. The maximum absolute atomic E-state index is 12.7. The summed E-state index contributed by atoms with van der Waals surface area (Å²) in [6.45, 7) is 7.15. The Morgan fingerprint density at radius 1 is 1.29 bits per heavy atom. The molecular weight excluding hydrogens is 350 g/mol. The summed E-state index contributed by atoms with van der Waals surface area (Å²) in [6.07, 6.45) is 9.26. The average molecular weight is 382 g/mol. The molecule has 150 valence electrons. The Hall–Kier alpha value is -2.14. The molecule has 2 aromatic rings. The van der Waals surface area contributed by atoms with Crippen molar-refractivity contribution in [1.82, 2.24) is 14.5 Å². The molecule has 1 aliphatic carbocycles. The van der Waals surface area contributed by atoms with E-state index in [1.165, 1.54) is 18.4 Å². The molecule has 0 N–H and O–H groups in total. The van der Waals surface area contributed by atoms with Gasteiger partial charge in [0.15, 0.2) is 0 Å². The maximum atomic E-state index is 12.7. The number of benzene rings is 1. The first-order valence-corrected chi connectivity index (χ1v) is 10.6. The molecule has 1 saturated carbocycles. The Balaban J connectivity index is 1.43. The first-order valence-electron chi connectivity index (χ1n) is 10.6. The Labute approximate surface area is 167 Å². The number of carbonyl (C=O) groups is 1. The lowest BCUT2D eigenvalue weighted by Crippen LogP contribution is -2.45. The Morgan fingerprint density at radius 3 is 2.75 bits per heavy atom. The van der Waals surface area contributed by atoms with Crippen molar-refractivity contribution in [3.05, 3.63) is 48.0 Å². The largest absolute Gasteiger partial charge is 0.466 e. The summed E-state index contributed by atoms with van der Waals surface area (Å²) in [4.78, 5) is 19.8.